The van der Waals surface area contributed by atoms with Gasteiger partial charge in [-0.05, 0) is 32.4 Å². The number of hydrogen-bond acceptors (Lipinski definition) is 4. The van der Waals surface area contributed by atoms with E-state index in [1.165, 1.54) is 24.3 Å². The molecular formula is C11H21NO2S. The summed E-state index contributed by atoms with van der Waals surface area (Å²) in [5.41, 5.74) is 0. The highest BCUT2D eigenvalue weighted by atomic mass is 32.2. The van der Waals surface area contributed by atoms with E-state index in [-0.39, 0.29) is 5.79 Å². The summed E-state index contributed by atoms with van der Waals surface area (Å²) in [5.74, 6) is 2.17. The normalized spacial score (nSPS) is 32.8. The van der Waals surface area contributed by atoms with Crippen molar-refractivity contribution in [3.05, 3.63) is 0 Å². The van der Waals surface area contributed by atoms with E-state index < -0.39 is 0 Å². The molecule has 0 aromatic rings. The van der Waals surface area contributed by atoms with Crippen LogP contribution < -0.4 is 5.32 Å². The van der Waals surface area contributed by atoms with E-state index in [0.29, 0.717) is 12.1 Å². The molecule has 0 radical (unpaired) electrons. The summed E-state index contributed by atoms with van der Waals surface area (Å²) in [5, 5.41) is 3.62. The molecule has 1 atom stereocenters. The van der Waals surface area contributed by atoms with Gasteiger partial charge >= 0.3 is 0 Å². The third-order valence-corrected chi connectivity index (χ3v) is 4.11. The minimum atomic E-state index is -0.389. The van der Waals surface area contributed by atoms with Crippen molar-refractivity contribution >= 4 is 11.8 Å². The molecule has 2 rings (SSSR count). The molecule has 15 heavy (non-hydrogen) atoms. The molecule has 88 valence electrons. The fourth-order valence-corrected chi connectivity index (χ4v) is 3.08. The van der Waals surface area contributed by atoms with Crippen LogP contribution in [0.5, 0.6) is 0 Å². The first-order valence-corrected chi connectivity index (χ1v) is 6.93. The molecule has 2 aliphatic rings. The van der Waals surface area contributed by atoms with Crippen LogP contribution in [0.1, 0.15) is 26.7 Å². The molecule has 0 bridgehead atoms. The minimum absolute atomic E-state index is 0.377. The lowest BCUT2D eigenvalue weighted by Gasteiger charge is -2.37. The summed E-state index contributed by atoms with van der Waals surface area (Å²) in [7, 11) is 0. The smallest absolute Gasteiger partial charge is 0.162 e. The molecule has 3 nitrogen and oxygen atoms in total. The number of hydrogen-bond donors (Lipinski definition) is 1. The van der Waals surface area contributed by atoms with Crippen LogP contribution in [0.15, 0.2) is 0 Å². The highest BCUT2D eigenvalue weighted by Gasteiger charge is 2.29. The Bertz CT molecular complexity index is 195. The summed E-state index contributed by atoms with van der Waals surface area (Å²) >= 11 is 2.05. The maximum absolute atomic E-state index is 5.63. The second-order valence-corrected chi connectivity index (χ2v) is 5.95. The predicted octanol–water partition coefficient (Wildman–Crippen LogP) is 1.62. The Kier molecular flexibility index (Phi) is 3.93. The molecular weight excluding hydrogens is 210 g/mol. The Morgan fingerprint density at radius 1 is 1.20 bits per heavy atom. The van der Waals surface area contributed by atoms with Crippen LogP contribution in [0.2, 0.25) is 0 Å². The zero-order valence-corrected chi connectivity index (χ0v) is 10.4. The summed E-state index contributed by atoms with van der Waals surface area (Å²) < 4.78 is 11.3. The van der Waals surface area contributed by atoms with Crippen molar-refractivity contribution in [2.24, 2.45) is 0 Å². The van der Waals surface area contributed by atoms with Crippen molar-refractivity contribution in [3.8, 4) is 0 Å². The van der Waals surface area contributed by atoms with E-state index in [2.05, 4.69) is 5.32 Å². The van der Waals surface area contributed by atoms with Gasteiger partial charge < -0.3 is 14.8 Å². The molecule has 0 amide bonds. The van der Waals surface area contributed by atoms with Crippen molar-refractivity contribution in [2.75, 3.05) is 24.7 Å². The minimum Gasteiger partial charge on any atom is -0.349 e. The van der Waals surface area contributed by atoms with Gasteiger partial charge in [-0.3, -0.25) is 0 Å². The van der Waals surface area contributed by atoms with E-state index >= 15 is 0 Å². The first-order chi connectivity index (χ1) is 7.16. The number of ether oxygens (including phenoxy) is 2. The van der Waals surface area contributed by atoms with Crippen molar-refractivity contribution in [1.29, 1.82) is 0 Å². The van der Waals surface area contributed by atoms with Gasteiger partial charge in [-0.15, -0.1) is 0 Å². The molecule has 2 fully saturated rings. The first-order valence-electron chi connectivity index (χ1n) is 5.77. The van der Waals surface area contributed by atoms with Crippen LogP contribution in [-0.4, -0.2) is 42.6 Å². The van der Waals surface area contributed by atoms with Crippen LogP contribution in [0.25, 0.3) is 0 Å². The molecule has 0 aliphatic carbocycles. The lowest BCUT2D eigenvalue weighted by molar-refractivity contribution is -0.253. The Labute approximate surface area is 96.3 Å². The van der Waals surface area contributed by atoms with Crippen LogP contribution >= 0.6 is 11.8 Å². The summed E-state index contributed by atoms with van der Waals surface area (Å²) in [6.45, 7) is 5.49. The molecule has 2 aliphatic heterocycles. The zero-order valence-electron chi connectivity index (χ0n) is 9.62. The van der Waals surface area contributed by atoms with Gasteiger partial charge in [-0.2, -0.15) is 11.8 Å². The van der Waals surface area contributed by atoms with Crippen LogP contribution in [0, 0.1) is 0 Å². The van der Waals surface area contributed by atoms with Gasteiger partial charge in [0.2, 0.25) is 0 Å². The van der Waals surface area contributed by atoms with Crippen molar-refractivity contribution in [1.82, 2.24) is 5.32 Å². The Balaban J connectivity index is 1.71. The number of rotatable bonds is 2. The maximum atomic E-state index is 5.63. The number of nitrogens with one attached hydrogen (secondary N) is 1. The quantitative estimate of drug-likeness (QED) is 0.782. The lowest BCUT2D eigenvalue weighted by Crippen LogP contribution is -2.52. The van der Waals surface area contributed by atoms with Gasteiger partial charge in [-0.25, -0.2) is 0 Å². The van der Waals surface area contributed by atoms with Gasteiger partial charge in [0.25, 0.3) is 0 Å². The average molecular weight is 231 g/mol. The molecule has 0 aromatic heterocycles. The monoisotopic (exact) mass is 231 g/mol. The third kappa shape index (κ3) is 3.63. The van der Waals surface area contributed by atoms with Crippen molar-refractivity contribution < 1.29 is 9.47 Å². The largest absolute Gasteiger partial charge is 0.349 e. The molecule has 2 heterocycles. The summed E-state index contributed by atoms with van der Waals surface area (Å²) in [6, 6.07) is 1.03. The van der Waals surface area contributed by atoms with E-state index in [1.807, 2.05) is 25.6 Å². The second kappa shape index (κ2) is 5.04. The summed E-state index contributed by atoms with van der Waals surface area (Å²) in [6.07, 6.45) is 2.63. The molecule has 0 aromatic carbocycles. The lowest BCUT2D eigenvalue weighted by atomic mass is 10.1. The third-order valence-electron chi connectivity index (χ3n) is 2.90. The van der Waals surface area contributed by atoms with Gasteiger partial charge in [0, 0.05) is 11.8 Å². The predicted molar refractivity (Wildman–Crippen MR) is 63.3 cm³/mol. The molecule has 0 saturated carbocycles. The topological polar surface area (TPSA) is 30.5 Å². The fourth-order valence-electron chi connectivity index (χ4n) is 1.99. The van der Waals surface area contributed by atoms with Gasteiger partial charge in [0.15, 0.2) is 5.79 Å². The summed E-state index contributed by atoms with van der Waals surface area (Å²) in [4.78, 5) is 0. The zero-order chi connectivity index (χ0) is 10.7. The van der Waals surface area contributed by atoms with Crippen LogP contribution in [0.3, 0.4) is 0 Å². The van der Waals surface area contributed by atoms with Crippen molar-refractivity contribution in [2.45, 2.75) is 44.6 Å². The van der Waals surface area contributed by atoms with Gasteiger partial charge in [0.05, 0.1) is 19.3 Å². The van der Waals surface area contributed by atoms with Crippen LogP contribution in [-0.2, 0) is 9.47 Å². The van der Waals surface area contributed by atoms with Gasteiger partial charge in [-0.1, -0.05) is 0 Å². The van der Waals surface area contributed by atoms with E-state index in [0.717, 1.165) is 13.2 Å². The van der Waals surface area contributed by atoms with E-state index in [1.54, 1.807) is 0 Å². The van der Waals surface area contributed by atoms with Crippen LogP contribution in [0.4, 0.5) is 0 Å². The molecule has 0 spiro atoms. The number of thioether (sulfide) groups is 1. The molecule has 1 N–H and O–H groups in total. The van der Waals surface area contributed by atoms with Crippen molar-refractivity contribution in [3.63, 3.8) is 0 Å². The maximum Gasteiger partial charge on any atom is 0.162 e. The van der Waals surface area contributed by atoms with E-state index in [4.69, 9.17) is 9.47 Å². The average Bonchev–Trinajstić information content (AvgIpc) is 2.23. The second-order valence-electron chi connectivity index (χ2n) is 4.80. The fraction of sp³-hybridized carbons (Fsp3) is 1.00. The highest BCUT2D eigenvalue weighted by molar-refractivity contribution is 7.99. The Morgan fingerprint density at radius 2 is 1.93 bits per heavy atom. The Hall–Kier alpha value is 0.230. The SMILES string of the molecule is CC1(C)OCC(NC2CCCSC2)CO1. The standard InChI is InChI=1S/C11H21NO2S/c1-11(2)13-6-10(7-14-11)12-9-4-3-5-15-8-9/h9-10,12H,3-8H2,1-2H3. The molecule has 2 saturated heterocycles. The van der Waals surface area contributed by atoms with Gasteiger partial charge in [0.1, 0.15) is 0 Å². The van der Waals surface area contributed by atoms with E-state index in [9.17, 15) is 0 Å². The highest BCUT2D eigenvalue weighted by Crippen LogP contribution is 2.20. The molecule has 4 heteroatoms. The first kappa shape index (κ1) is 11.7. The Morgan fingerprint density at radius 3 is 2.53 bits per heavy atom. The molecule has 1 unspecified atom stereocenters.